The SMILES string of the molecule is NC(=O)C1CCCN(Cc2sccc2Br)C1. The van der Waals surface area contributed by atoms with Crippen molar-refractivity contribution in [3.8, 4) is 0 Å². The van der Waals surface area contributed by atoms with Crippen LogP contribution >= 0.6 is 27.3 Å². The highest BCUT2D eigenvalue weighted by molar-refractivity contribution is 9.10. The highest BCUT2D eigenvalue weighted by Crippen LogP contribution is 2.26. The number of primary amides is 1. The number of hydrogen-bond acceptors (Lipinski definition) is 3. The van der Waals surface area contributed by atoms with E-state index >= 15 is 0 Å². The van der Waals surface area contributed by atoms with Crippen LogP contribution in [0.3, 0.4) is 0 Å². The summed E-state index contributed by atoms with van der Waals surface area (Å²) in [5.41, 5.74) is 5.36. The number of nitrogens with zero attached hydrogens (tertiary/aromatic N) is 1. The highest BCUT2D eigenvalue weighted by atomic mass is 79.9. The Morgan fingerprint density at radius 1 is 1.69 bits per heavy atom. The molecular weight excluding hydrogens is 288 g/mol. The molecule has 2 N–H and O–H groups in total. The zero-order valence-corrected chi connectivity index (χ0v) is 11.4. The predicted molar refractivity (Wildman–Crippen MR) is 69.2 cm³/mol. The first-order valence-electron chi connectivity index (χ1n) is 5.40. The number of amides is 1. The number of rotatable bonds is 3. The molecule has 1 aromatic rings. The predicted octanol–water partition coefficient (Wildman–Crippen LogP) is 2.21. The Kier molecular flexibility index (Phi) is 4.00. The number of thiophene rings is 1. The van der Waals surface area contributed by atoms with Crippen LogP contribution in [0.4, 0.5) is 0 Å². The van der Waals surface area contributed by atoms with Gasteiger partial charge in [-0.05, 0) is 46.8 Å². The standard InChI is InChI=1S/C11H15BrN2OS/c12-9-3-5-16-10(9)7-14-4-1-2-8(6-14)11(13)15/h3,5,8H,1-2,4,6-7H2,(H2,13,15). The molecule has 0 spiro atoms. The first-order valence-corrected chi connectivity index (χ1v) is 7.07. The summed E-state index contributed by atoms with van der Waals surface area (Å²) in [6.45, 7) is 2.79. The minimum Gasteiger partial charge on any atom is -0.369 e. The molecule has 1 saturated heterocycles. The molecule has 0 radical (unpaired) electrons. The minimum absolute atomic E-state index is 0.0347. The van der Waals surface area contributed by atoms with Gasteiger partial charge in [0, 0.05) is 22.4 Å². The summed E-state index contributed by atoms with van der Waals surface area (Å²) in [7, 11) is 0. The maximum Gasteiger partial charge on any atom is 0.221 e. The number of carbonyl (C=O) groups is 1. The molecule has 16 heavy (non-hydrogen) atoms. The van der Waals surface area contributed by atoms with Gasteiger partial charge in [0.2, 0.25) is 5.91 Å². The van der Waals surface area contributed by atoms with E-state index in [4.69, 9.17) is 5.73 Å². The summed E-state index contributed by atoms with van der Waals surface area (Å²) in [6, 6.07) is 2.06. The zero-order valence-electron chi connectivity index (χ0n) is 8.99. The molecule has 1 fully saturated rings. The van der Waals surface area contributed by atoms with Gasteiger partial charge in [-0.3, -0.25) is 9.69 Å². The van der Waals surface area contributed by atoms with E-state index < -0.39 is 0 Å². The van der Waals surface area contributed by atoms with Gasteiger partial charge in [-0.25, -0.2) is 0 Å². The Labute approximate surface area is 108 Å². The van der Waals surface area contributed by atoms with Crippen LogP contribution in [0, 0.1) is 5.92 Å². The van der Waals surface area contributed by atoms with Crippen molar-refractivity contribution in [1.82, 2.24) is 4.90 Å². The van der Waals surface area contributed by atoms with Crippen molar-refractivity contribution in [2.75, 3.05) is 13.1 Å². The van der Waals surface area contributed by atoms with Crippen LogP contribution in [0.25, 0.3) is 0 Å². The van der Waals surface area contributed by atoms with Crippen molar-refractivity contribution in [1.29, 1.82) is 0 Å². The molecular formula is C11H15BrN2OS. The summed E-state index contributed by atoms with van der Waals surface area (Å²) >= 11 is 5.28. The number of nitrogens with two attached hydrogens (primary N) is 1. The molecule has 0 aromatic carbocycles. The molecule has 0 bridgehead atoms. The van der Waals surface area contributed by atoms with E-state index in [-0.39, 0.29) is 11.8 Å². The van der Waals surface area contributed by atoms with E-state index in [0.29, 0.717) is 0 Å². The normalized spacial score (nSPS) is 22.2. The second-order valence-corrected chi connectivity index (χ2v) is 6.02. The number of piperidine rings is 1. The lowest BCUT2D eigenvalue weighted by Crippen LogP contribution is -2.40. The fourth-order valence-corrected chi connectivity index (χ4v) is 3.59. The zero-order chi connectivity index (χ0) is 11.5. The van der Waals surface area contributed by atoms with Crippen LogP contribution < -0.4 is 5.73 Å². The number of halogens is 1. The smallest absolute Gasteiger partial charge is 0.221 e. The maximum atomic E-state index is 11.2. The van der Waals surface area contributed by atoms with Crippen LogP contribution in [-0.4, -0.2) is 23.9 Å². The van der Waals surface area contributed by atoms with E-state index in [1.807, 2.05) is 0 Å². The minimum atomic E-state index is -0.157. The van der Waals surface area contributed by atoms with Gasteiger partial charge >= 0.3 is 0 Å². The molecule has 1 aliphatic rings. The van der Waals surface area contributed by atoms with E-state index in [1.54, 1.807) is 11.3 Å². The molecule has 88 valence electrons. The van der Waals surface area contributed by atoms with E-state index in [9.17, 15) is 4.79 Å². The second-order valence-electron chi connectivity index (χ2n) is 4.17. The average molecular weight is 303 g/mol. The lowest BCUT2D eigenvalue weighted by atomic mass is 9.97. The maximum absolute atomic E-state index is 11.2. The van der Waals surface area contributed by atoms with Gasteiger partial charge in [0.15, 0.2) is 0 Å². The Morgan fingerprint density at radius 2 is 2.50 bits per heavy atom. The topological polar surface area (TPSA) is 46.3 Å². The van der Waals surface area contributed by atoms with Gasteiger partial charge in [-0.15, -0.1) is 11.3 Å². The van der Waals surface area contributed by atoms with Crippen LogP contribution in [0.15, 0.2) is 15.9 Å². The van der Waals surface area contributed by atoms with Crippen molar-refractivity contribution in [2.24, 2.45) is 11.7 Å². The lowest BCUT2D eigenvalue weighted by molar-refractivity contribution is -0.123. The third-order valence-corrected chi connectivity index (χ3v) is 4.88. The van der Waals surface area contributed by atoms with E-state index in [1.165, 1.54) is 9.35 Å². The summed E-state index contributed by atoms with van der Waals surface area (Å²) in [5.74, 6) is -0.123. The molecule has 2 rings (SSSR count). The fourth-order valence-electron chi connectivity index (χ4n) is 2.07. The van der Waals surface area contributed by atoms with Gasteiger partial charge < -0.3 is 5.73 Å². The molecule has 2 heterocycles. The summed E-state index contributed by atoms with van der Waals surface area (Å²) in [5, 5.41) is 2.08. The summed E-state index contributed by atoms with van der Waals surface area (Å²) < 4.78 is 1.17. The van der Waals surface area contributed by atoms with Crippen molar-refractivity contribution >= 4 is 33.2 Å². The van der Waals surface area contributed by atoms with Gasteiger partial charge in [-0.1, -0.05) is 0 Å². The molecule has 0 saturated carbocycles. The van der Waals surface area contributed by atoms with E-state index in [0.717, 1.165) is 32.5 Å². The van der Waals surface area contributed by atoms with Gasteiger partial charge in [0.05, 0.1) is 5.92 Å². The third-order valence-electron chi connectivity index (χ3n) is 2.97. The molecule has 0 aliphatic carbocycles. The van der Waals surface area contributed by atoms with Crippen molar-refractivity contribution < 1.29 is 4.79 Å². The first-order chi connectivity index (χ1) is 7.66. The Bertz CT molecular complexity index is 380. The largest absolute Gasteiger partial charge is 0.369 e. The molecule has 3 nitrogen and oxygen atoms in total. The van der Waals surface area contributed by atoms with Crippen molar-refractivity contribution in [3.05, 3.63) is 20.8 Å². The van der Waals surface area contributed by atoms with Crippen LogP contribution in [0.1, 0.15) is 17.7 Å². The number of likely N-dealkylation sites (tertiary alicyclic amines) is 1. The van der Waals surface area contributed by atoms with Gasteiger partial charge in [0.1, 0.15) is 0 Å². The highest BCUT2D eigenvalue weighted by Gasteiger charge is 2.24. The Morgan fingerprint density at radius 3 is 3.12 bits per heavy atom. The monoisotopic (exact) mass is 302 g/mol. The third kappa shape index (κ3) is 2.84. The molecule has 1 atom stereocenters. The molecule has 1 aromatic heterocycles. The second kappa shape index (κ2) is 5.29. The molecule has 1 unspecified atom stereocenters. The Hall–Kier alpha value is -0.390. The first kappa shape index (κ1) is 12.1. The number of hydrogen-bond donors (Lipinski definition) is 1. The van der Waals surface area contributed by atoms with Crippen LogP contribution in [-0.2, 0) is 11.3 Å². The lowest BCUT2D eigenvalue weighted by Gasteiger charge is -2.30. The summed E-state index contributed by atoms with van der Waals surface area (Å²) in [6.07, 6.45) is 2.01. The average Bonchev–Trinajstić information content (AvgIpc) is 2.65. The molecule has 5 heteroatoms. The van der Waals surface area contributed by atoms with Gasteiger partial charge in [0.25, 0.3) is 0 Å². The van der Waals surface area contributed by atoms with Crippen LogP contribution in [0.5, 0.6) is 0 Å². The number of carbonyl (C=O) groups excluding carboxylic acids is 1. The summed E-state index contributed by atoms with van der Waals surface area (Å²) in [4.78, 5) is 14.8. The molecule has 1 aliphatic heterocycles. The van der Waals surface area contributed by atoms with E-state index in [2.05, 4.69) is 32.3 Å². The fraction of sp³-hybridized carbons (Fsp3) is 0.545. The molecule has 1 amide bonds. The van der Waals surface area contributed by atoms with Crippen molar-refractivity contribution in [2.45, 2.75) is 19.4 Å². The van der Waals surface area contributed by atoms with Gasteiger partial charge in [-0.2, -0.15) is 0 Å². The Balaban J connectivity index is 1.95. The quantitative estimate of drug-likeness (QED) is 0.930. The van der Waals surface area contributed by atoms with Crippen LogP contribution in [0.2, 0.25) is 0 Å². The van der Waals surface area contributed by atoms with Crippen molar-refractivity contribution in [3.63, 3.8) is 0 Å².